The molecule has 0 aliphatic rings. The topological polar surface area (TPSA) is 57.8 Å². The molecule has 1 heterocycles. The third-order valence-corrected chi connectivity index (χ3v) is 1.16. The number of carbonyl (C=O) groups excluding carboxylic acids is 1. The first-order valence-electron chi connectivity index (χ1n) is 5.15. The molecule has 0 saturated carbocycles. The highest BCUT2D eigenvalue weighted by Gasteiger charge is 1.90. The molecule has 1 aromatic heterocycles. The average molecular weight is 221 g/mol. The Hall–Kier alpha value is -1.84. The van der Waals surface area contributed by atoms with Gasteiger partial charge < -0.3 is 10.3 Å². The first kappa shape index (κ1) is 14.2. The van der Waals surface area contributed by atoms with Crippen LogP contribution in [0, 0.1) is 5.92 Å². The molecule has 1 rings (SSSR count). The molecule has 0 aliphatic carbocycles. The van der Waals surface area contributed by atoms with E-state index in [9.17, 15) is 4.79 Å². The van der Waals surface area contributed by atoms with Crippen LogP contribution in [0.5, 0.6) is 0 Å². The minimum Gasteiger partial charge on any atom is -0.345 e. The summed E-state index contributed by atoms with van der Waals surface area (Å²) in [6.07, 6.45) is 7.59. The zero-order valence-corrected chi connectivity index (χ0v) is 10.0. The highest BCUT2D eigenvalue weighted by atomic mass is 16.1. The third-order valence-electron chi connectivity index (χ3n) is 1.16. The second-order valence-electron chi connectivity index (χ2n) is 3.75. The lowest BCUT2D eigenvalue weighted by molar-refractivity contribution is -0.115. The summed E-state index contributed by atoms with van der Waals surface area (Å²) in [6.45, 7) is 9.86. The third kappa shape index (κ3) is 8.74. The van der Waals surface area contributed by atoms with E-state index >= 15 is 0 Å². The van der Waals surface area contributed by atoms with Crippen molar-refractivity contribution in [2.24, 2.45) is 5.92 Å². The van der Waals surface area contributed by atoms with E-state index in [1.165, 1.54) is 12.3 Å². The Bertz CT molecular complexity index is 323. The van der Waals surface area contributed by atoms with Crippen LogP contribution in [0.4, 0.5) is 0 Å². The second-order valence-corrected chi connectivity index (χ2v) is 3.75. The lowest BCUT2D eigenvalue weighted by atomic mass is 10.3. The molecule has 1 aromatic rings. The molecule has 88 valence electrons. The molecular formula is C12H19N3O. The number of hydrogen-bond donors (Lipinski definition) is 2. The lowest BCUT2D eigenvalue weighted by Crippen LogP contribution is -2.12. The van der Waals surface area contributed by atoms with Crippen LogP contribution in [0.15, 0.2) is 31.2 Å². The van der Waals surface area contributed by atoms with Crippen LogP contribution in [-0.2, 0) is 4.79 Å². The Morgan fingerprint density at radius 1 is 1.56 bits per heavy atom. The van der Waals surface area contributed by atoms with Gasteiger partial charge in [-0.05, 0) is 18.2 Å². The van der Waals surface area contributed by atoms with E-state index in [2.05, 4.69) is 42.6 Å². The van der Waals surface area contributed by atoms with Gasteiger partial charge >= 0.3 is 0 Å². The van der Waals surface area contributed by atoms with Crippen molar-refractivity contribution in [2.45, 2.75) is 20.8 Å². The number of amides is 1. The molecule has 4 nitrogen and oxygen atoms in total. The van der Waals surface area contributed by atoms with Gasteiger partial charge in [-0.2, -0.15) is 0 Å². The van der Waals surface area contributed by atoms with Gasteiger partial charge in [0.15, 0.2) is 0 Å². The number of aromatic amines is 1. The van der Waals surface area contributed by atoms with Crippen molar-refractivity contribution in [2.75, 3.05) is 0 Å². The molecule has 0 radical (unpaired) electrons. The summed E-state index contributed by atoms with van der Waals surface area (Å²) in [5.41, 5.74) is 0. The fourth-order valence-corrected chi connectivity index (χ4v) is 0.672. The zero-order chi connectivity index (χ0) is 12.4. The molecule has 0 fully saturated rings. The number of aromatic nitrogens is 2. The number of imidazole rings is 1. The number of nitrogens with one attached hydrogen (secondary N) is 2. The van der Waals surface area contributed by atoms with Gasteiger partial charge in [0.25, 0.3) is 0 Å². The number of hydrogen-bond acceptors (Lipinski definition) is 2. The SMILES string of the molecule is C=CNC(=O)C=Cc1ncc[nH]1.CC(C)C. The van der Waals surface area contributed by atoms with Crippen molar-refractivity contribution < 1.29 is 4.79 Å². The van der Waals surface area contributed by atoms with Crippen LogP contribution >= 0.6 is 0 Å². The van der Waals surface area contributed by atoms with Gasteiger partial charge in [0.05, 0.1) is 0 Å². The Kier molecular flexibility index (Phi) is 7.49. The average Bonchev–Trinajstić information content (AvgIpc) is 2.66. The van der Waals surface area contributed by atoms with Crippen LogP contribution in [0.1, 0.15) is 26.6 Å². The van der Waals surface area contributed by atoms with E-state index in [1.807, 2.05) is 0 Å². The normalized spacial score (nSPS) is 9.75. The summed E-state index contributed by atoms with van der Waals surface area (Å²) in [5, 5.41) is 2.40. The minimum absolute atomic E-state index is 0.221. The highest BCUT2D eigenvalue weighted by Crippen LogP contribution is 1.90. The molecule has 0 unspecified atom stereocenters. The van der Waals surface area contributed by atoms with Gasteiger partial charge in [0, 0.05) is 18.5 Å². The van der Waals surface area contributed by atoms with Crippen molar-refractivity contribution in [3.63, 3.8) is 0 Å². The summed E-state index contributed by atoms with van der Waals surface area (Å²) in [7, 11) is 0. The van der Waals surface area contributed by atoms with E-state index in [0.29, 0.717) is 5.82 Å². The zero-order valence-electron chi connectivity index (χ0n) is 10.0. The number of nitrogens with zero attached hydrogens (tertiary/aromatic N) is 1. The molecule has 16 heavy (non-hydrogen) atoms. The lowest BCUT2D eigenvalue weighted by Gasteiger charge is -1.88. The Morgan fingerprint density at radius 2 is 2.19 bits per heavy atom. The largest absolute Gasteiger partial charge is 0.345 e. The number of rotatable bonds is 3. The van der Waals surface area contributed by atoms with Crippen molar-refractivity contribution in [1.82, 2.24) is 15.3 Å². The summed E-state index contributed by atoms with van der Waals surface area (Å²) in [4.78, 5) is 17.6. The maximum absolute atomic E-state index is 10.8. The van der Waals surface area contributed by atoms with E-state index in [4.69, 9.17) is 0 Å². The van der Waals surface area contributed by atoms with Gasteiger partial charge in [-0.15, -0.1) is 0 Å². The van der Waals surface area contributed by atoms with Gasteiger partial charge in [-0.3, -0.25) is 4.79 Å². The number of carbonyl (C=O) groups is 1. The molecular weight excluding hydrogens is 202 g/mol. The Balaban J connectivity index is 0.000000487. The summed E-state index contributed by atoms with van der Waals surface area (Å²) in [5.74, 6) is 1.26. The predicted octanol–water partition coefficient (Wildman–Crippen LogP) is 2.34. The van der Waals surface area contributed by atoms with Gasteiger partial charge in [0.2, 0.25) is 5.91 Å². The molecule has 0 aromatic carbocycles. The Labute approximate surface area is 96.5 Å². The molecule has 0 bridgehead atoms. The second kappa shape index (κ2) is 8.47. The van der Waals surface area contributed by atoms with Crippen LogP contribution in [0.2, 0.25) is 0 Å². The van der Waals surface area contributed by atoms with Gasteiger partial charge in [-0.25, -0.2) is 4.98 Å². The maximum atomic E-state index is 10.8. The highest BCUT2D eigenvalue weighted by molar-refractivity contribution is 5.91. The number of H-pyrrole nitrogens is 1. The van der Waals surface area contributed by atoms with E-state index in [-0.39, 0.29) is 5.91 Å². The van der Waals surface area contributed by atoms with Crippen LogP contribution in [0.3, 0.4) is 0 Å². The minimum atomic E-state index is -0.221. The quantitative estimate of drug-likeness (QED) is 0.770. The Morgan fingerprint density at radius 3 is 2.62 bits per heavy atom. The van der Waals surface area contributed by atoms with Crippen LogP contribution in [0.25, 0.3) is 6.08 Å². The maximum Gasteiger partial charge on any atom is 0.248 e. The first-order chi connectivity index (χ1) is 7.56. The first-order valence-corrected chi connectivity index (χ1v) is 5.15. The van der Waals surface area contributed by atoms with Crippen molar-refractivity contribution >= 4 is 12.0 Å². The molecule has 0 atom stereocenters. The van der Waals surface area contributed by atoms with Crippen LogP contribution in [-0.4, -0.2) is 15.9 Å². The van der Waals surface area contributed by atoms with Crippen molar-refractivity contribution in [3.05, 3.63) is 37.1 Å². The standard InChI is InChI=1S/C8H9N3O.C4H10/c1-2-9-8(12)4-3-7-10-5-6-11-7;1-4(2)3/h2-6H,1H2,(H,9,12)(H,10,11);4H,1-3H3. The summed E-state index contributed by atoms with van der Waals surface area (Å²) < 4.78 is 0. The van der Waals surface area contributed by atoms with Crippen molar-refractivity contribution in [1.29, 1.82) is 0 Å². The fraction of sp³-hybridized carbons (Fsp3) is 0.333. The van der Waals surface area contributed by atoms with Gasteiger partial charge in [0.1, 0.15) is 5.82 Å². The molecule has 0 aliphatic heterocycles. The van der Waals surface area contributed by atoms with Crippen molar-refractivity contribution in [3.8, 4) is 0 Å². The predicted molar refractivity (Wildman–Crippen MR) is 66.5 cm³/mol. The van der Waals surface area contributed by atoms with Gasteiger partial charge in [-0.1, -0.05) is 27.4 Å². The molecule has 0 saturated heterocycles. The fourth-order valence-electron chi connectivity index (χ4n) is 0.672. The smallest absolute Gasteiger partial charge is 0.248 e. The summed E-state index contributed by atoms with van der Waals surface area (Å²) in [6, 6.07) is 0. The summed E-state index contributed by atoms with van der Waals surface area (Å²) >= 11 is 0. The molecule has 4 heteroatoms. The molecule has 0 spiro atoms. The van der Waals surface area contributed by atoms with E-state index in [0.717, 1.165) is 5.92 Å². The monoisotopic (exact) mass is 221 g/mol. The molecule has 2 N–H and O–H groups in total. The van der Waals surface area contributed by atoms with Crippen LogP contribution < -0.4 is 5.32 Å². The van der Waals surface area contributed by atoms with E-state index < -0.39 is 0 Å². The molecule has 1 amide bonds. The van der Waals surface area contributed by atoms with E-state index in [1.54, 1.807) is 18.5 Å².